The van der Waals surface area contributed by atoms with Crippen LogP contribution in [-0.4, -0.2) is 6.61 Å². The van der Waals surface area contributed by atoms with Crippen LogP contribution < -0.4 is 0 Å². The Hall–Kier alpha value is -4.99. The fourth-order valence-corrected chi connectivity index (χ4v) is 10.6. The van der Waals surface area contributed by atoms with Crippen LogP contribution >= 0.6 is 22.9 Å². The van der Waals surface area contributed by atoms with Gasteiger partial charge >= 0.3 is 0 Å². The Morgan fingerprint density at radius 2 is 1.27 bits per heavy atom. The minimum atomic E-state index is -0.873. The summed E-state index contributed by atoms with van der Waals surface area (Å²) in [5, 5.41) is 1.97. The minimum absolute atomic E-state index is 0.473. The highest BCUT2D eigenvalue weighted by Gasteiger charge is 2.58. The van der Waals surface area contributed by atoms with Crippen molar-refractivity contribution in [2.24, 2.45) is 0 Å². The highest BCUT2D eigenvalue weighted by molar-refractivity contribution is 7.20. The highest BCUT2D eigenvalue weighted by Crippen LogP contribution is 2.65. The first-order valence-electron chi connectivity index (χ1n) is 16.5. The fraction of sp³-hybridized carbons (Fsp3) is 0.0667. The maximum absolute atomic E-state index is 7.50. The van der Waals surface area contributed by atoms with Gasteiger partial charge in [0.15, 0.2) is 0 Å². The van der Waals surface area contributed by atoms with E-state index in [9.17, 15) is 0 Å². The van der Waals surface area contributed by atoms with E-state index in [4.69, 9.17) is 16.3 Å². The number of thiophene rings is 1. The van der Waals surface area contributed by atoms with Gasteiger partial charge in [0.1, 0.15) is 5.60 Å². The Morgan fingerprint density at radius 1 is 0.583 bits per heavy atom. The molecule has 0 radical (unpaired) electrons. The van der Waals surface area contributed by atoms with Crippen molar-refractivity contribution >= 4 is 56.8 Å². The zero-order chi connectivity index (χ0) is 31.6. The molecule has 48 heavy (non-hydrogen) atoms. The van der Waals surface area contributed by atoms with Crippen LogP contribution in [0.1, 0.15) is 60.5 Å². The number of fused-ring (bicyclic) bond motifs is 10. The smallest absolute Gasteiger partial charge is 0.146 e. The number of ether oxygens (including phenoxy) is 1. The standard InChI is InChI=1S/C45H27ClOS/c46-29-21-22-30-28-24-34-33-13-3-8-19-41(33)48-42(34)23-20-27-10-9-18-39-43(27)45(47-26-28,40(30)25-29)38-17-7-6-16-37(38)44(39)35-14-4-1-11-31(35)32-12-2-5-15-36(32)44/h1-25H,26H2/b23-20+,28-24+. The Morgan fingerprint density at radius 3 is 2.08 bits per heavy atom. The van der Waals surface area contributed by atoms with Gasteiger partial charge in [-0.15, -0.1) is 11.3 Å². The van der Waals surface area contributed by atoms with Crippen LogP contribution in [0.25, 0.3) is 45.0 Å². The minimum Gasteiger partial charge on any atom is -0.356 e. The normalized spacial score (nSPS) is 20.4. The predicted octanol–water partition coefficient (Wildman–Crippen LogP) is 11.6. The average Bonchev–Trinajstić information content (AvgIpc) is 3.62. The second-order valence-corrected chi connectivity index (χ2v) is 14.7. The largest absolute Gasteiger partial charge is 0.356 e. The van der Waals surface area contributed by atoms with Crippen molar-refractivity contribution in [3.63, 3.8) is 0 Å². The van der Waals surface area contributed by atoms with Crippen molar-refractivity contribution in [3.05, 3.63) is 199 Å². The van der Waals surface area contributed by atoms with Gasteiger partial charge in [-0.2, -0.15) is 0 Å². The lowest BCUT2D eigenvalue weighted by molar-refractivity contribution is 0.0245. The number of halogens is 1. The van der Waals surface area contributed by atoms with E-state index >= 15 is 0 Å². The molecule has 1 aromatic heterocycles. The van der Waals surface area contributed by atoms with Crippen LogP contribution in [-0.2, 0) is 15.8 Å². The van der Waals surface area contributed by atoms with Gasteiger partial charge < -0.3 is 4.74 Å². The molecule has 0 N–H and O–H groups in total. The van der Waals surface area contributed by atoms with Gasteiger partial charge in [0.2, 0.25) is 0 Å². The summed E-state index contributed by atoms with van der Waals surface area (Å²) >= 11 is 8.80. The number of hydrogen-bond donors (Lipinski definition) is 0. The van der Waals surface area contributed by atoms with Crippen LogP contribution in [0.3, 0.4) is 0 Å². The fourth-order valence-electron chi connectivity index (χ4n) is 9.30. The van der Waals surface area contributed by atoms with Gasteiger partial charge in [-0.25, -0.2) is 0 Å². The van der Waals surface area contributed by atoms with E-state index in [0.717, 1.165) is 11.1 Å². The lowest BCUT2D eigenvalue weighted by Gasteiger charge is -2.51. The molecule has 0 amide bonds. The third kappa shape index (κ3) is 3.21. The molecule has 5 aliphatic rings. The van der Waals surface area contributed by atoms with E-state index in [-0.39, 0.29) is 0 Å². The second kappa shape index (κ2) is 9.55. The summed E-state index contributed by atoms with van der Waals surface area (Å²) in [6, 6.07) is 48.9. The number of hydrogen-bond acceptors (Lipinski definition) is 2. The van der Waals surface area contributed by atoms with Crippen LogP contribution in [0.5, 0.6) is 0 Å². The molecule has 226 valence electrons. The molecule has 1 nitrogen and oxygen atoms in total. The Bertz CT molecular complexity index is 2560. The topological polar surface area (TPSA) is 9.23 Å². The molecule has 12 rings (SSSR count). The average molecular weight is 651 g/mol. The molecule has 3 heterocycles. The van der Waals surface area contributed by atoms with Gasteiger partial charge in [0.25, 0.3) is 0 Å². The van der Waals surface area contributed by atoms with Gasteiger partial charge in [0, 0.05) is 36.7 Å². The molecule has 3 heteroatoms. The third-order valence-electron chi connectivity index (χ3n) is 11.1. The van der Waals surface area contributed by atoms with Crippen molar-refractivity contribution in [1.82, 2.24) is 0 Å². The maximum atomic E-state index is 7.50. The van der Waals surface area contributed by atoms with E-state index in [1.807, 2.05) is 17.4 Å². The molecule has 2 aliphatic heterocycles. The van der Waals surface area contributed by atoms with E-state index in [1.54, 1.807) is 0 Å². The Labute approximate surface area is 288 Å². The molecule has 0 saturated heterocycles. The second-order valence-electron chi connectivity index (χ2n) is 13.2. The number of benzene rings is 6. The van der Waals surface area contributed by atoms with Crippen molar-refractivity contribution in [3.8, 4) is 11.1 Å². The van der Waals surface area contributed by atoms with Crippen molar-refractivity contribution < 1.29 is 4.74 Å². The van der Waals surface area contributed by atoms with E-state index in [2.05, 4.69) is 146 Å². The lowest BCUT2D eigenvalue weighted by Crippen LogP contribution is -2.48. The van der Waals surface area contributed by atoms with Gasteiger partial charge in [-0.3, -0.25) is 0 Å². The van der Waals surface area contributed by atoms with Crippen LogP contribution in [0.2, 0.25) is 5.02 Å². The lowest BCUT2D eigenvalue weighted by atomic mass is 9.55. The summed E-state index contributed by atoms with van der Waals surface area (Å²) in [6.07, 6.45) is 7.01. The molecular formula is C45H27ClOS. The quantitative estimate of drug-likeness (QED) is 0.159. The monoisotopic (exact) mass is 650 g/mol. The summed E-state index contributed by atoms with van der Waals surface area (Å²) in [5.74, 6) is 0. The van der Waals surface area contributed by atoms with Crippen LogP contribution in [0.4, 0.5) is 0 Å². The van der Waals surface area contributed by atoms with E-state index in [1.165, 1.54) is 76.2 Å². The Kier molecular flexibility index (Phi) is 5.37. The summed E-state index contributed by atoms with van der Waals surface area (Å²) in [7, 11) is 0. The first-order chi connectivity index (χ1) is 23.7. The summed E-state index contributed by atoms with van der Waals surface area (Å²) in [6.45, 7) is 0.473. The first kappa shape index (κ1) is 27.0. The van der Waals surface area contributed by atoms with Crippen LogP contribution in [0.15, 0.2) is 133 Å². The number of rotatable bonds is 0. The molecule has 3 aliphatic carbocycles. The molecular weight excluding hydrogens is 624 g/mol. The summed E-state index contributed by atoms with van der Waals surface area (Å²) < 4.78 is 8.78. The molecule has 6 aromatic carbocycles. The van der Waals surface area contributed by atoms with Crippen LogP contribution in [0, 0.1) is 0 Å². The highest BCUT2D eigenvalue weighted by atomic mass is 35.5. The van der Waals surface area contributed by atoms with Crippen molar-refractivity contribution in [2.45, 2.75) is 11.0 Å². The summed E-state index contributed by atoms with van der Waals surface area (Å²) in [5.41, 5.74) is 14.5. The maximum Gasteiger partial charge on any atom is 0.146 e. The first-order valence-corrected chi connectivity index (χ1v) is 17.7. The van der Waals surface area contributed by atoms with Gasteiger partial charge in [-0.1, -0.05) is 133 Å². The molecule has 1 unspecified atom stereocenters. The SMILES string of the molecule is Clc1ccc2c(c1)C13OC/C2=C\c2c(sc4ccccc24)/C=C/c2cccc(c21)C1(c2ccccc2-c2ccccc21)c1ccccc13. The summed E-state index contributed by atoms with van der Waals surface area (Å²) in [4.78, 5) is 1.25. The van der Waals surface area contributed by atoms with E-state index < -0.39 is 11.0 Å². The van der Waals surface area contributed by atoms with Gasteiger partial charge in [-0.05, 0) is 86.0 Å². The molecule has 0 fully saturated rings. The van der Waals surface area contributed by atoms with Crippen molar-refractivity contribution in [2.75, 3.05) is 6.61 Å². The van der Waals surface area contributed by atoms with Gasteiger partial charge in [0.05, 0.1) is 12.0 Å². The molecule has 2 spiro atoms. The molecule has 1 atom stereocenters. The Balaban J connectivity index is 1.36. The predicted molar refractivity (Wildman–Crippen MR) is 200 cm³/mol. The zero-order valence-corrected chi connectivity index (χ0v) is 27.4. The van der Waals surface area contributed by atoms with Crippen molar-refractivity contribution in [1.29, 1.82) is 0 Å². The van der Waals surface area contributed by atoms with E-state index in [0.29, 0.717) is 11.6 Å². The third-order valence-corrected chi connectivity index (χ3v) is 12.4. The molecule has 2 bridgehead atoms. The zero-order valence-electron chi connectivity index (χ0n) is 25.8. The molecule has 0 saturated carbocycles. The molecule has 7 aromatic rings.